The monoisotopic (exact) mass is 297 g/mol. The first-order chi connectivity index (χ1) is 8.42. The zero-order valence-electron chi connectivity index (χ0n) is 9.26. The third kappa shape index (κ3) is 5.64. The van der Waals surface area contributed by atoms with Gasteiger partial charge in [0.25, 0.3) is 0 Å². The molecule has 0 aliphatic heterocycles. The van der Waals surface area contributed by atoms with E-state index in [4.69, 9.17) is 11.6 Å². The summed E-state index contributed by atoms with van der Waals surface area (Å²) in [5, 5.41) is 2.45. The van der Waals surface area contributed by atoms with Gasteiger partial charge in [0, 0.05) is 17.2 Å². The van der Waals surface area contributed by atoms with Crippen LogP contribution in [-0.2, 0) is 4.79 Å². The SMILES string of the molecule is O=C(CCCCl)Nc1ccccc1SC(F)(F)F. The molecule has 0 unspecified atom stereocenters. The summed E-state index contributed by atoms with van der Waals surface area (Å²) in [4.78, 5) is 11.4. The van der Waals surface area contributed by atoms with Gasteiger partial charge in [-0.15, -0.1) is 11.6 Å². The van der Waals surface area contributed by atoms with Crippen LogP contribution in [0.4, 0.5) is 18.9 Å². The molecule has 18 heavy (non-hydrogen) atoms. The lowest BCUT2D eigenvalue weighted by atomic mass is 10.3. The lowest BCUT2D eigenvalue weighted by Gasteiger charge is -2.11. The van der Waals surface area contributed by atoms with Gasteiger partial charge in [0.05, 0.1) is 5.69 Å². The van der Waals surface area contributed by atoms with Gasteiger partial charge in [0.1, 0.15) is 0 Å². The number of carbonyl (C=O) groups excluding carboxylic acids is 1. The zero-order chi connectivity index (χ0) is 13.6. The van der Waals surface area contributed by atoms with Crippen LogP contribution in [0.5, 0.6) is 0 Å². The van der Waals surface area contributed by atoms with Gasteiger partial charge in [-0.2, -0.15) is 13.2 Å². The zero-order valence-corrected chi connectivity index (χ0v) is 10.8. The van der Waals surface area contributed by atoms with E-state index in [2.05, 4.69) is 5.32 Å². The Morgan fingerprint density at radius 3 is 2.61 bits per heavy atom. The molecule has 100 valence electrons. The fraction of sp³-hybridized carbons (Fsp3) is 0.364. The second-order valence-electron chi connectivity index (χ2n) is 3.38. The van der Waals surface area contributed by atoms with Crippen molar-refractivity contribution < 1.29 is 18.0 Å². The van der Waals surface area contributed by atoms with Crippen LogP contribution in [-0.4, -0.2) is 17.3 Å². The fourth-order valence-corrected chi connectivity index (χ4v) is 1.98. The summed E-state index contributed by atoms with van der Waals surface area (Å²) in [7, 11) is 0. The highest BCUT2D eigenvalue weighted by Crippen LogP contribution is 2.40. The molecule has 1 rings (SSSR count). The first-order valence-corrected chi connectivity index (χ1v) is 6.48. The lowest BCUT2D eigenvalue weighted by Crippen LogP contribution is -2.12. The van der Waals surface area contributed by atoms with Gasteiger partial charge < -0.3 is 5.32 Å². The Balaban J connectivity index is 2.73. The second-order valence-corrected chi connectivity index (χ2v) is 4.87. The highest BCUT2D eigenvalue weighted by atomic mass is 35.5. The molecular weight excluding hydrogens is 287 g/mol. The molecular formula is C11H11ClF3NOS. The van der Waals surface area contributed by atoms with E-state index in [1.165, 1.54) is 18.2 Å². The Morgan fingerprint density at radius 1 is 1.33 bits per heavy atom. The van der Waals surface area contributed by atoms with E-state index in [1.807, 2.05) is 0 Å². The number of thioether (sulfide) groups is 1. The summed E-state index contributed by atoms with van der Waals surface area (Å²) in [6.45, 7) is 0. The third-order valence-electron chi connectivity index (χ3n) is 1.92. The molecule has 2 nitrogen and oxygen atoms in total. The van der Waals surface area contributed by atoms with E-state index in [0.717, 1.165) is 0 Å². The maximum atomic E-state index is 12.3. The number of anilines is 1. The molecule has 1 aromatic rings. The van der Waals surface area contributed by atoms with Gasteiger partial charge in [-0.1, -0.05) is 12.1 Å². The number of halogens is 4. The van der Waals surface area contributed by atoms with Gasteiger partial charge in [-0.05, 0) is 30.3 Å². The van der Waals surface area contributed by atoms with Crippen LogP contribution in [0.15, 0.2) is 29.2 Å². The van der Waals surface area contributed by atoms with E-state index >= 15 is 0 Å². The Labute approximate surface area is 112 Å². The number of carbonyl (C=O) groups is 1. The Kier molecular flexibility index (Phi) is 5.81. The predicted octanol–water partition coefficient (Wildman–Crippen LogP) is 4.26. The van der Waals surface area contributed by atoms with Crippen molar-refractivity contribution in [1.29, 1.82) is 0 Å². The summed E-state index contributed by atoms with van der Waals surface area (Å²) >= 11 is 5.19. The molecule has 0 saturated carbocycles. The number of hydrogen-bond acceptors (Lipinski definition) is 2. The van der Waals surface area contributed by atoms with E-state index in [9.17, 15) is 18.0 Å². The number of para-hydroxylation sites is 1. The lowest BCUT2D eigenvalue weighted by molar-refractivity contribution is -0.116. The summed E-state index contributed by atoms with van der Waals surface area (Å²) in [6, 6.07) is 5.81. The first kappa shape index (κ1) is 15.2. The molecule has 0 bridgehead atoms. The summed E-state index contributed by atoms with van der Waals surface area (Å²) in [5.74, 6) is -0.00213. The molecule has 0 aromatic heterocycles. The van der Waals surface area contributed by atoms with E-state index in [0.29, 0.717) is 12.3 Å². The Bertz CT molecular complexity index is 412. The average molecular weight is 298 g/mol. The summed E-state index contributed by atoms with van der Waals surface area (Å²) < 4.78 is 36.9. The molecule has 1 N–H and O–H groups in total. The van der Waals surface area contributed by atoms with Crippen LogP contribution in [0.1, 0.15) is 12.8 Å². The van der Waals surface area contributed by atoms with Crippen LogP contribution in [0.25, 0.3) is 0 Å². The number of rotatable bonds is 5. The van der Waals surface area contributed by atoms with Gasteiger partial charge in [-0.3, -0.25) is 4.79 Å². The molecule has 0 spiro atoms. The van der Waals surface area contributed by atoms with E-state index < -0.39 is 5.51 Å². The number of amides is 1. The number of alkyl halides is 4. The van der Waals surface area contributed by atoms with Crippen LogP contribution >= 0.6 is 23.4 Å². The molecule has 1 amide bonds. The standard InChI is InChI=1S/C11H11ClF3NOS/c12-7-3-6-10(17)16-8-4-1-2-5-9(8)18-11(13,14)15/h1-2,4-5H,3,6-7H2,(H,16,17). The number of hydrogen-bond donors (Lipinski definition) is 1. The molecule has 0 saturated heterocycles. The second kappa shape index (κ2) is 6.89. The fourth-order valence-electron chi connectivity index (χ4n) is 1.22. The van der Waals surface area contributed by atoms with Crippen LogP contribution < -0.4 is 5.32 Å². The van der Waals surface area contributed by atoms with Crippen LogP contribution in [0, 0.1) is 0 Å². The largest absolute Gasteiger partial charge is 0.446 e. The molecule has 7 heteroatoms. The summed E-state index contributed by atoms with van der Waals surface area (Å²) in [6.07, 6.45) is 0.677. The van der Waals surface area contributed by atoms with Gasteiger partial charge in [0.15, 0.2) is 0 Å². The Morgan fingerprint density at radius 2 is 2.00 bits per heavy atom. The van der Waals surface area contributed by atoms with Crippen molar-refractivity contribution in [3.05, 3.63) is 24.3 Å². The van der Waals surface area contributed by atoms with Crippen LogP contribution in [0.3, 0.4) is 0 Å². The Hall–Kier alpha value is -0.880. The average Bonchev–Trinajstić information content (AvgIpc) is 2.27. The third-order valence-corrected chi connectivity index (χ3v) is 3.00. The van der Waals surface area contributed by atoms with Gasteiger partial charge >= 0.3 is 5.51 Å². The highest BCUT2D eigenvalue weighted by Gasteiger charge is 2.30. The van der Waals surface area contributed by atoms with Crippen molar-refractivity contribution in [1.82, 2.24) is 0 Å². The minimum atomic E-state index is -4.38. The quantitative estimate of drug-likeness (QED) is 0.650. The van der Waals surface area contributed by atoms with Crippen molar-refractivity contribution in [2.45, 2.75) is 23.2 Å². The van der Waals surface area contributed by atoms with E-state index in [-0.39, 0.29) is 34.7 Å². The number of benzene rings is 1. The van der Waals surface area contributed by atoms with Crippen molar-refractivity contribution in [3.63, 3.8) is 0 Å². The molecule has 0 heterocycles. The van der Waals surface area contributed by atoms with Crippen molar-refractivity contribution in [2.24, 2.45) is 0 Å². The van der Waals surface area contributed by atoms with Crippen molar-refractivity contribution in [2.75, 3.05) is 11.2 Å². The topological polar surface area (TPSA) is 29.1 Å². The first-order valence-electron chi connectivity index (χ1n) is 5.13. The molecule has 0 fully saturated rings. The van der Waals surface area contributed by atoms with Crippen molar-refractivity contribution >= 4 is 35.0 Å². The smallest absolute Gasteiger partial charge is 0.325 e. The minimum absolute atomic E-state index is 0.0239. The maximum Gasteiger partial charge on any atom is 0.446 e. The summed E-state index contributed by atoms with van der Waals surface area (Å²) in [5.41, 5.74) is -4.21. The molecule has 0 aliphatic rings. The molecule has 0 atom stereocenters. The highest BCUT2D eigenvalue weighted by molar-refractivity contribution is 8.00. The van der Waals surface area contributed by atoms with Gasteiger partial charge in [0.2, 0.25) is 5.91 Å². The molecule has 0 radical (unpaired) electrons. The van der Waals surface area contributed by atoms with E-state index in [1.54, 1.807) is 6.07 Å². The van der Waals surface area contributed by atoms with Crippen molar-refractivity contribution in [3.8, 4) is 0 Å². The minimum Gasteiger partial charge on any atom is -0.325 e. The normalized spacial score (nSPS) is 11.3. The maximum absolute atomic E-state index is 12.3. The number of nitrogens with one attached hydrogen (secondary N) is 1. The molecule has 1 aromatic carbocycles. The van der Waals surface area contributed by atoms with Gasteiger partial charge in [-0.25, -0.2) is 0 Å². The molecule has 0 aliphatic carbocycles. The predicted molar refractivity (Wildman–Crippen MR) is 66.9 cm³/mol. The van der Waals surface area contributed by atoms with Crippen LogP contribution in [0.2, 0.25) is 0 Å².